The lowest BCUT2D eigenvalue weighted by Gasteiger charge is -2.22. The van der Waals surface area contributed by atoms with Gasteiger partial charge in [-0.05, 0) is 38.0 Å². The van der Waals surface area contributed by atoms with Crippen LogP contribution in [0, 0.1) is 0 Å². The van der Waals surface area contributed by atoms with Crippen LogP contribution in [0.1, 0.15) is 49.1 Å². The van der Waals surface area contributed by atoms with E-state index in [9.17, 15) is 0 Å². The number of thioether (sulfide) groups is 1. The molecule has 2 fully saturated rings. The maximum Gasteiger partial charge on any atom is 0.185 e. The van der Waals surface area contributed by atoms with E-state index in [4.69, 9.17) is 4.98 Å². The maximum atomic E-state index is 4.99. The first kappa shape index (κ1) is 14.7. The zero-order valence-electron chi connectivity index (χ0n) is 12.5. The summed E-state index contributed by atoms with van der Waals surface area (Å²) in [5, 5.41) is 4.79. The van der Waals surface area contributed by atoms with Crippen LogP contribution in [0.3, 0.4) is 0 Å². The number of aromatic nitrogens is 1. The molecule has 0 amide bonds. The zero-order chi connectivity index (χ0) is 13.9. The van der Waals surface area contributed by atoms with Gasteiger partial charge in [0.2, 0.25) is 0 Å². The van der Waals surface area contributed by atoms with Crippen molar-refractivity contribution in [3.8, 4) is 0 Å². The maximum absolute atomic E-state index is 4.99. The summed E-state index contributed by atoms with van der Waals surface area (Å²) in [6, 6.07) is 0.689. The monoisotopic (exact) mass is 311 g/mol. The first-order valence-corrected chi connectivity index (χ1v) is 9.77. The number of nitrogens with one attached hydrogen (secondary N) is 1. The molecule has 3 rings (SSSR count). The predicted octanol–water partition coefficient (Wildman–Crippen LogP) is 3.46. The van der Waals surface area contributed by atoms with Gasteiger partial charge in [-0.1, -0.05) is 6.92 Å². The highest BCUT2D eigenvalue weighted by atomic mass is 32.2. The van der Waals surface area contributed by atoms with Gasteiger partial charge in [-0.2, -0.15) is 11.8 Å². The average Bonchev–Trinajstić information content (AvgIpc) is 3.01. The second-order valence-corrected chi connectivity index (χ2v) is 8.10. The molecule has 0 spiro atoms. The molecule has 0 radical (unpaired) electrons. The minimum absolute atomic E-state index is 0.689. The lowest BCUT2D eigenvalue weighted by Crippen LogP contribution is -2.31. The Balaban J connectivity index is 1.72. The lowest BCUT2D eigenvalue weighted by molar-refractivity contribution is 0.675. The Bertz CT molecular complexity index is 436. The van der Waals surface area contributed by atoms with Crippen LogP contribution in [0.5, 0.6) is 0 Å². The molecule has 0 aromatic carbocycles. The predicted molar refractivity (Wildman–Crippen MR) is 90.2 cm³/mol. The lowest BCUT2D eigenvalue weighted by atomic mass is 10.2. The third-order valence-electron chi connectivity index (χ3n) is 4.15. The average molecular weight is 312 g/mol. The Morgan fingerprint density at radius 3 is 2.85 bits per heavy atom. The van der Waals surface area contributed by atoms with Crippen LogP contribution in [0.4, 0.5) is 5.13 Å². The van der Waals surface area contributed by atoms with Gasteiger partial charge in [0.25, 0.3) is 0 Å². The summed E-state index contributed by atoms with van der Waals surface area (Å²) >= 11 is 3.99. The molecular weight excluding hydrogens is 286 g/mol. The van der Waals surface area contributed by atoms with E-state index in [1.54, 1.807) is 0 Å². The molecule has 112 valence electrons. The molecule has 1 aromatic heterocycles. The molecule has 1 aromatic rings. The van der Waals surface area contributed by atoms with Gasteiger partial charge < -0.3 is 10.2 Å². The van der Waals surface area contributed by atoms with Gasteiger partial charge in [0, 0.05) is 36.2 Å². The zero-order valence-corrected chi connectivity index (χ0v) is 14.2. The van der Waals surface area contributed by atoms with Gasteiger partial charge in [0.1, 0.15) is 0 Å². The van der Waals surface area contributed by atoms with Crippen LogP contribution in [0.2, 0.25) is 0 Å². The van der Waals surface area contributed by atoms with Gasteiger partial charge in [-0.25, -0.2) is 4.98 Å². The molecule has 1 saturated carbocycles. The molecule has 1 atom stereocenters. The van der Waals surface area contributed by atoms with Crippen LogP contribution in [-0.4, -0.2) is 36.1 Å². The first-order valence-electron chi connectivity index (χ1n) is 7.80. The van der Waals surface area contributed by atoms with Crippen LogP contribution in [-0.2, 0) is 6.54 Å². The highest BCUT2D eigenvalue weighted by Crippen LogP contribution is 2.44. The van der Waals surface area contributed by atoms with Crippen LogP contribution in [0.15, 0.2) is 0 Å². The van der Waals surface area contributed by atoms with E-state index < -0.39 is 0 Å². The molecule has 3 nitrogen and oxygen atoms in total. The Kier molecular flexibility index (Phi) is 4.89. The van der Waals surface area contributed by atoms with Gasteiger partial charge >= 0.3 is 0 Å². The Morgan fingerprint density at radius 2 is 2.20 bits per heavy atom. The van der Waals surface area contributed by atoms with Crippen molar-refractivity contribution in [3.63, 3.8) is 0 Å². The smallest absolute Gasteiger partial charge is 0.185 e. The second-order valence-electron chi connectivity index (χ2n) is 5.88. The van der Waals surface area contributed by atoms with Gasteiger partial charge in [0.05, 0.1) is 5.69 Å². The molecule has 1 aliphatic heterocycles. The van der Waals surface area contributed by atoms with E-state index in [-0.39, 0.29) is 0 Å². The van der Waals surface area contributed by atoms with Crippen LogP contribution in [0.25, 0.3) is 0 Å². The number of nitrogens with zero attached hydrogens (tertiary/aromatic N) is 2. The number of hydrogen-bond acceptors (Lipinski definition) is 5. The van der Waals surface area contributed by atoms with Crippen molar-refractivity contribution in [1.82, 2.24) is 10.3 Å². The molecule has 20 heavy (non-hydrogen) atoms. The van der Waals surface area contributed by atoms with Gasteiger partial charge in [-0.15, -0.1) is 11.3 Å². The number of anilines is 1. The van der Waals surface area contributed by atoms with Crippen molar-refractivity contribution in [2.45, 2.75) is 51.1 Å². The normalized spacial score (nSPS) is 22.4. The largest absolute Gasteiger partial charge is 0.347 e. The fourth-order valence-electron chi connectivity index (χ4n) is 2.67. The molecule has 1 unspecified atom stereocenters. The molecule has 1 N–H and O–H groups in total. The molecular formula is C15H25N3S2. The highest BCUT2D eigenvalue weighted by molar-refractivity contribution is 7.99. The molecule has 1 aliphatic carbocycles. The molecule has 2 heterocycles. The Labute approximate surface area is 130 Å². The van der Waals surface area contributed by atoms with E-state index in [2.05, 4.69) is 35.9 Å². The summed E-state index contributed by atoms with van der Waals surface area (Å²) in [7, 11) is 2.23. The fraction of sp³-hybridized carbons (Fsp3) is 0.800. The Morgan fingerprint density at radius 1 is 1.35 bits per heavy atom. The van der Waals surface area contributed by atoms with E-state index >= 15 is 0 Å². The topological polar surface area (TPSA) is 28.2 Å². The van der Waals surface area contributed by atoms with E-state index in [0.717, 1.165) is 19.0 Å². The van der Waals surface area contributed by atoms with Crippen molar-refractivity contribution >= 4 is 28.2 Å². The van der Waals surface area contributed by atoms with Gasteiger partial charge in [0.15, 0.2) is 5.13 Å². The molecule has 2 aliphatic rings. The van der Waals surface area contributed by atoms with E-state index in [1.165, 1.54) is 52.9 Å². The van der Waals surface area contributed by atoms with Crippen molar-refractivity contribution in [3.05, 3.63) is 10.6 Å². The third kappa shape index (κ3) is 3.31. The molecule has 0 bridgehead atoms. The van der Waals surface area contributed by atoms with Crippen molar-refractivity contribution < 1.29 is 0 Å². The summed E-state index contributed by atoms with van der Waals surface area (Å²) < 4.78 is 0. The summed E-state index contributed by atoms with van der Waals surface area (Å²) in [5.74, 6) is 3.32. The number of hydrogen-bond donors (Lipinski definition) is 1. The van der Waals surface area contributed by atoms with Crippen molar-refractivity contribution in [2.24, 2.45) is 0 Å². The highest BCUT2D eigenvalue weighted by Gasteiger charge is 2.31. The number of rotatable bonds is 7. The third-order valence-corrected chi connectivity index (χ3v) is 6.45. The molecule has 1 saturated heterocycles. The summed E-state index contributed by atoms with van der Waals surface area (Å²) in [4.78, 5) is 8.90. The van der Waals surface area contributed by atoms with Gasteiger partial charge in [-0.3, -0.25) is 0 Å². The molecule has 5 heteroatoms. The van der Waals surface area contributed by atoms with Crippen molar-refractivity contribution in [2.75, 3.05) is 30.0 Å². The number of thiazole rings is 1. The standard InChI is InChI=1S/C15H25N3S2/c1-3-7-16-9-13-14(11-4-5-11)17-15(20-13)18(2)12-6-8-19-10-12/h11-12,16H,3-10H2,1-2H3. The quantitative estimate of drug-likeness (QED) is 0.781. The SMILES string of the molecule is CCCNCc1sc(N(C)C2CCSC2)nc1C1CC1. The first-order chi connectivity index (χ1) is 9.79. The second kappa shape index (κ2) is 6.67. The summed E-state index contributed by atoms with van der Waals surface area (Å²) in [5.41, 5.74) is 1.39. The minimum atomic E-state index is 0.689. The Hall–Kier alpha value is -0.260. The van der Waals surface area contributed by atoms with Crippen LogP contribution < -0.4 is 10.2 Å². The van der Waals surface area contributed by atoms with Crippen molar-refractivity contribution in [1.29, 1.82) is 0 Å². The minimum Gasteiger partial charge on any atom is -0.347 e. The van der Waals surface area contributed by atoms with E-state index in [1.807, 2.05) is 11.3 Å². The summed E-state index contributed by atoms with van der Waals surface area (Å²) in [6.07, 6.45) is 5.19. The summed E-state index contributed by atoms with van der Waals surface area (Å²) in [6.45, 7) is 4.33. The fourth-order valence-corrected chi connectivity index (χ4v) is 5.08. The van der Waals surface area contributed by atoms with E-state index in [0.29, 0.717) is 6.04 Å². The van der Waals surface area contributed by atoms with Crippen LogP contribution >= 0.6 is 23.1 Å².